The first kappa shape index (κ1) is 18.2. The van der Waals surface area contributed by atoms with E-state index in [0.29, 0.717) is 25.4 Å². The van der Waals surface area contributed by atoms with Crippen molar-refractivity contribution in [2.45, 2.75) is 32.7 Å². The van der Waals surface area contributed by atoms with Gasteiger partial charge in [0.05, 0.1) is 6.54 Å². The van der Waals surface area contributed by atoms with Crippen molar-refractivity contribution in [2.24, 2.45) is 7.05 Å². The van der Waals surface area contributed by atoms with Crippen molar-refractivity contribution in [3.05, 3.63) is 87.0 Å². The lowest BCUT2D eigenvalue weighted by Crippen LogP contribution is -2.39. The van der Waals surface area contributed by atoms with Gasteiger partial charge in [-0.05, 0) is 31.0 Å². The van der Waals surface area contributed by atoms with Crippen LogP contribution in [0.25, 0.3) is 0 Å². The SMILES string of the molecule is Cc1ccc(C(=O)N2CCc3oc(CCc4ccccc4)nc3C2)c(=O)n1C. The predicted molar refractivity (Wildman–Crippen MR) is 105 cm³/mol. The second-order valence-corrected chi connectivity index (χ2v) is 7.19. The van der Waals surface area contributed by atoms with E-state index >= 15 is 0 Å². The van der Waals surface area contributed by atoms with Crippen LogP contribution in [0, 0.1) is 6.92 Å². The lowest BCUT2D eigenvalue weighted by Gasteiger charge is -2.25. The van der Waals surface area contributed by atoms with Crippen molar-refractivity contribution in [1.29, 1.82) is 0 Å². The van der Waals surface area contributed by atoms with Crippen LogP contribution in [0.2, 0.25) is 0 Å². The lowest BCUT2D eigenvalue weighted by atomic mass is 10.1. The van der Waals surface area contributed by atoms with Crippen LogP contribution in [0.5, 0.6) is 0 Å². The smallest absolute Gasteiger partial charge is 0.263 e. The number of fused-ring (bicyclic) bond motifs is 1. The van der Waals surface area contributed by atoms with Gasteiger partial charge in [-0.15, -0.1) is 0 Å². The highest BCUT2D eigenvalue weighted by molar-refractivity contribution is 5.94. The quantitative estimate of drug-likeness (QED) is 0.701. The van der Waals surface area contributed by atoms with Gasteiger partial charge >= 0.3 is 0 Å². The number of nitrogens with zero attached hydrogens (tertiary/aromatic N) is 3. The molecule has 4 rings (SSSR count). The van der Waals surface area contributed by atoms with Gasteiger partial charge in [0.1, 0.15) is 17.0 Å². The Balaban J connectivity index is 1.48. The molecule has 0 saturated carbocycles. The largest absolute Gasteiger partial charge is 0.445 e. The molecular formula is C22H23N3O3. The van der Waals surface area contributed by atoms with Crippen molar-refractivity contribution in [1.82, 2.24) is 14.5 Å². The molecule has 1 aliphatic rings. The van der Waals surface area contributed by atoms with Crippen molar-refractivity contribution in [3.63, 3.8) is 0 Å². The number of benzene rings is 1. The maximum Gasteiger partial charge on any atom is 0.263 e. The summed E-state index contributed by atoms with van der Waals surface area (Å²) in [5.74, 6) is 1.30. The second kappa shape index (κ2) is 7.46. The average Bonchev–Trinajstić information content (AvgIpc) is 3.13. The number of aromatic nitrogens is 2. The maximum absolute atomic E-state index is 12.9. The third kappa shape index (κ3) is 3.50. The highest BCUT2D eigenvalue weighted by Gasteiger charge is 2.27. The topological polar surface area (TPSA) is 68.3 Å². The van der Waals surface area contributed by atoms with E-state index in [1.165, 1.54) is 10.1 Å². The molecule has 1 aromatic carbocycles. The third-order valence-electron chi connectivity index (χ3n) is 5.32. The monoisotopic (exact) mass is 377 g/mol. The van der Waals surface area contributed by atoms with Gasteiger partial charge in [0, 0.05) is 32.1 Å². The number of rotatable bonds is 4. The number of hydrogen-bond donors (Lipinski definition) is 0. The molecule has 2 aromatic heterocycles. The van der Waals surface area contributed by atoms with Gasteiger partial charge < -0.3 is 13.9 Å². The molecule has 144 valence electrons. The van der Waals surface area contributed by atoms with Gasteiger partial charge in [-0.2, -0.15) is 0 Å². The molecule has 0 N–H and O–H groups in total. The molecule has 0 bridgehead atoms. The van der Waals surface area contributed by atoms with E-state index in [1.54, 1.807) is 24.1 Å². The van der Waals surface area contributed by atoms with Crippen LogP contribution in [-0.2, 0) is 32.9 Å². The van der Waals surface area contributed by atoms with E-state index in [9.17, 15) is 9.59 Å². The zero-order chi connectivity index (χ0) is 19.7. The number of hydrogen-bond acceptors (Lipinski definition) is 4. The zero-order valence-electron chi connectivity index (χ0n) is 16.1. The molecule has 28 heavy (non-hydrogen) atoms. The molecular weight excluding hydrogens is 354 g/mol. The molecule has 1 amide bonds. The van der Waals surface area contributed by atoms with E-state index in [1.807, 2.05) is 25.1 Å². The molecule has 0 aliphatic carbocycles. The third-order valence-corrected chi connectivity index (χ3v) is 5.32. The van der Waals surface area contributed by atoms with Gasteiger partial charge in [-0.3, -0.25) is 9.59 Å². The fourth-order valence-corrected chi connectivity index (χ4v) is 3.49. The summed E-state index contributed by atoms with van der Waals surface area (Å²) in [6.07, 6.45) is 2.21. The summed E-state index contributed by atoms with van der Waals surface area (Å²) in [4.78, 5) is 31.6. The fraction of sp³-hybridized carbons (Fsp3) is 0.318. The number of carbonyl (C=O) groups excluding carboxylic acids is 1. The summed E-state index contributed by atoms with van der Waals surface area (Å²) in [6.45, 7) is 2.74. The Morgan fingerprint density at radius 1 is 1.14 bits per heavy atom. The maximum atomic E-state index is 12.9. The molecule has 0 atom stereocenters. The first-order valence-electron chi connectivity index (χ1n) is 9.50. The van der Waals surface area contributed by atoms with Crippen LogP contribution in [0.3, 0.4) is 0 Å². The molecule has 0 radical (unpaired) electrons. The molecule has 0 saturated heterocycles. The lowest BCUT2D eigenvalue weighted by molar-refractivity contribution is 0.0725. The van der Waals surface area contributed by atoms with Crippen LogP contribution in [0.1, 0.15) is 39.0 Å². The molecule has 3 aromatic rings. The molecule has 3 heterocycles. The van der Waals surface area contributed by atoms with Gasteiger partial charge in [0.25, 0.3) is 11.5 Å². The number of oxazole rings is 1. The Bertz CT molecular complexity index is 1070. The number of pyridine rings is 1. The zero-order valence-corrected chi connectivity index (χ0v) is 16.1. The van der Waals surface area contributed by atoms with E-state index in [2.05, 4.69) is 17.1 Å². The van der Waals surface area contributed by atoms with Crippen LogP contribution < -0.4 is 5.56 Å². The average molecular weight is 377 g/mol. The summed E-state index contributed by atoms with van der Waals surface area (Å²) in [5.41, 5.74) is 2.79. The van der Waals surface area contributed by atoms with Crippen LogP contribution in [0.4, 0.5) is 0 Å². The summed E-state index contributed by atoms with van der Waals surface area (Å²) < 4.78 is 7.41. The highest BCUT2D eigenvalue weighted by atomic mass is 16.4. The fourth-order valence-electron chi connectivity index (χ4n) is 3.49. The van der Waals surface area contributed by atoms with Gasteiger partial charge in [0.15, 0.2) is 5.89 Å². The van der Waals surface area contributed by atoms with Crippen LogP contribution >= 0.6 is 0 Å². The molecule has 0 unspecified atom stereocenters. The summed E-state index contributed by atoms with van der Waals surface area (Å²) in [5, 5.41) is 0. The Morgan fingerprint density at radius 2 is 1.93 bits per heavy atom. The number of carbonyl (C=O) groups is 1. The van der Waals surface area contributed by atoms with Gasteiger partial charge in [-0.1, -0.05) is 30.3 Å². The van der Waals surface area contributed by atoms with E-state index in [-0.39, 0.29) is 17.0 Å². The Labute approximate surface area is 163 Å². The van der Waals surface area contributed by atoms with Crippen LogP contribution in [-0.4, -0.2) is 26.9 Å². The van der Waals surface area contributed by atoms with Gasteiger partial charge in [0.2, 0.25) is 0 Å². The van der Waals surface area contributed by atoms with Crippen molar-refractivity contribution in [2.75, 3.05) is 6.54 Å². The first-order chi connectivity index (χ1) is 13.5. The Hall–Kier alpha value is -3.15. The second-order valence-electron chi connectivity index (χ2n) is 7.19. The molecule has 6 heteroatoms. The van der Waals surface area contributed by atoms with E-state index in [0.717, 1.165) is 30.0 Å². The molecule has 6 nitrogen and oxygen atoms in total. The minimum atomic E-state index is -0.264. The predicted octanol–water partition coefficient (Wildman–Crippen LogP) is 2.67. The van der Waals surface area contributed by atoms with Gasteiger partial charge in [-0.25, -0.2) is 4.98 Å². The van der Waals surface area contributed by atoms with E-state index < -0.39 is 0 Å². The Morgan fingerprint density at radius 3 is 2.71 bits per heavy atom. The minimum Gasteiger partial charge on any atom is -0.445 e. The molecule has 0 spiro atoms. The molecule has 0 fully saturated rings. The highest BCUT2D eigenvalue weighted by Crippen LogP contribution is 2.22. The van der Waals surface area contributed by atoms with Crippen molar-refractivity contribution in [3.8, 4) is 0 Å². The normalized spacial score (nSPS) is 13.4. The Kier molecular flexibility index (Phi) is 4.86. The number of aryl methyl sites for hydroxylation is 3. The summed E-state index contributed by atoms with van der Waals surface area (Å²) >= 11 is 0. The molecule has 1 aliphatic heterocycles. The summed E-state index contributed by atoms with van der Waals surface area (Å²) in [6, 6.07) is 13.6. The van der Waals surface area contributed by atoms with Crippen molar-refractivity contribution < 1.29 is 9.21 Å². The summed E-state index contributed by atoms with van der Waals surface area (Å²) in [7, 11) is 1.68. The van der Waals surface area contributed by atoms with Crippen LogP contribution in [0.15, 0.2) is 51.7 Å². The van der Waals surface area contributed by atoms with Crippen molar-refractivity contribution >= 4 is 5.91 Å². The first-order valence-corrected chi connectivity index (χ1v) is 9.50. The minimum absolute atomic E-state index is 0.198. The number of amides is 1. The standard InChI is InChI=1S/C22H23N3O3/c1-15-8-10-17(21(26)24(15)2)22(27)25-13-12-19-18(14-25)23-20(28-19)11-9-16-6-4-3-5-7-16/h3-8,10H,9,11-14H2,1-2H3. The van der Waals surface area contributed by atoms with E-state index in [4.69, 9.17) is 4.42 Å².